The molecule has 0 atom stereocenters. The van der Waals surface area contributed by atoms with Gasteiger partial charge in [-0.25, -0.2) is 4.39 Å². The highest BCUT2D eigenvalue weighted by Crippen LogP contribution is 2.30. The molecule has 0 saturated heterocycles. The van der Waals surface area contributed by atoms with Crippen molar-refractivity contribution in [1.82, 2.24) is 0 Å². The van der Waals surface area contributed by atoms with Crippen LogP contribution in [0.5, 0.6) is 5.75 Å². The van der Waals surface area contributed by atoms with E-state index >= 15 is 0 Å². The number of halogens is 2. The maximum atomic E-state index is 13.2. The third kappa shape index (κ3) is 2.94. The van der Waals surface area contributed by atoms with Gasteiger partial charge in [0.1, 0.15) is 18.0 Å². The van der Waals surface area contributed by atoms with Crippen molar-refractivity contribution < 1.29 is 13.9 Å². The lowest BCUT2D eigenvalue weighted by Gasteiger charge is -2.10. The molecule has 0 heterocycles. The monoisotopic (exact) mass is 286 g/mol. The normalized spacial score (nSPS) is 9.38. The first-order chi connectivity index (χ1) is 7.58. The SMILES string of the molecule is COc1cc(Br)c(F)cc1NC(=O)CC#N. The Hall–Kier alpha value is -1.61. The zero-order valence-electron chi connectivity index (χ0n) is 8.38. The number of carbonyl (C=O) groups is 1. The molecular formula is C10H8BrFN2O2. The van der Waals surface area contributed by atoms with Crippen LogP contribution in [-0.2, 0) is 4.79 Å². The molecule has 0 fully saturated rings. The minimum atomic E-state index is -0.520. The second-order valence-electron chi connectivity index (χ2n) is 2.85. The van der Waals surface area contributed by atoms with Crippen LogP contribution < -0.4 is 10.1 Å². The fraction of sp³-hybridized carbons (Fsp3) is 0.200. The van der Waals surface area contributed by atoms with E-state index in [0.29, 0.717) is 5.75 Å². The van der Waals surface area contributed by atoms with Gasteiger partial charge in [-0.3, -0.25) is 4.79 Å². The zero-order chi connectivity index (χ0) is 12.1. The molecule has 1 rings (SSSR count). The van der Waals surface area contributed by atoms with E-state index in [2.05, 4.69) is 21.2 Å². The van der Waals surface area contributed by atoms with Gasteiger partial charge >= 0.3 is 0 Å². The lowest BCUT2D eigenvalue weighted by molar-refractivity contribution is -0.115. The molecular weight excluding hydrogens is 279 g/mol. The molecule has 0 unspecified atom stereocenters. The maximum absolute atomic E-state index is 13.2. The molecule has 4 nitrogen and oxygen atoms in total. The van der Waals surface area contributed by atoms with Crippen LogP contribution in [0.15, 0.2) is 16.6 Å². The van der Waals surface area contributed by atoms with Crippen LogP contribution in [0.2, 0.25) is 0 Å². The number of methoxy groups -OCH3 is 1. The van der Waals surface area contributed by atoms with E-state index in [-0.39, 0.29) is 16.6 Å². The van der Waals surface area contributed by atoms with Crippen LogP contribution in [0.1, 0.15) is 6.42 Å². The molecule has 1 aromatic rings. The number of nitrogens with zero attached hydrogens (tertiary/aromatic N) is 1. The van der Waals surface area contributed by atoms with Crippen LogP contribution >= 0.6 is 15.9 Å². The predicted molar refractivity (Wildman–Crippen MR) is 59.5 cm³/mol. The predicted octanol–water partition coefficient (Wildman–Crippen LogP) is 2.45. The van der Waals surface area contributed by atoms with E-state index in [1.807, 2.05) is 0 Å². The summed E-state index contributed by atoms with van der Waals surface area (Å²) in [5.41, 5.74) is 0.198. The van der Waals surface area contributed by atoms with Crippen molar-refractivity contribution in [2.24, 2.45) is 0 Å². The fourth-order valence-electron chi connectivity index (χ4n) is 1.06. The van der Waals surface area contributed by atoms with Gasteiger partial charge < -0.3 is 10.1 Å². The molecule has 16 heavy (non-hydrogen) atoms. The number of hydrogen-bond acceptors (Lipinski definition) is 3. The standard InChI is InChI=1S/C10H8BrFN2O2/c1-16-9-4-6(11)7(12)5-8(9)14-10(15)2-3-13/h4-5H,2H2,1H3,(H,14,15). The molecule has 0 aliphatic carbocycles. The summed E-state index contributed by atoms with van der Waals surface area (Å²) in [6.07, 6.45) is -0.291. The third-order valence-corrected chi connectivity index (χ3v) is 2.36. The first kappa shape index (κ1) is 12.5. The molecule has 1 aromatic carbocycles. The van der Waals surface area contributed by atoms with Crippen LogP contribution in [0.4, 0.5) is 10.1 Å². The Morgan fingerprint density at radius 3 is 2.94 bits per heavy atom. The average Bonchev–Trinajstić information content (AvgIpc) is 2.23. The number of rotatable bonds is 3. The quantitative estimate of drug-likeness (QED) is 0.928. The number of anilines is 1. The van der Waals surface area contributed by atoms with Gasteiger partial charge in [0.15, 0.2) is 0 Å². The summed E-state index contributed by atoms with van der Waals surface area (Å²) in [7, 11) is 1.40. The van der Waals surface area contributed by atoms with E-state index in [9.17, 15) is 9.18 Å². The zero-order valence-corrected chi connectivity index (χ0v) is 9.97. The summed E-state index contributed by atoms with van der Waals surface area (Å²) in [4.78, 5) is 11.2. The Morgan fingerprint density at radius 1 is 1.69 bits per heavy atom. The Balaban J connectivity index is 2.99. The number of amides is 1. The van der Waals surface area contributed by atoms with E-state index in [4.69, 9.17) is 10.00 Å². The number of hydrogen-bond donors (Lipinski definition) is 1. The van der Waals surface area contributed by atoms with Gasteiger partial charge in [0.25, 0.3) is 0 Å². The molecule has 0 saturated carbocycles. The minimum Gasteiger partial charge on any atom is -0.495 e. The number of nitriles is 1. The molecule has 1 N–H and O–H groups in total. The average molecular weight is 287 g/mol. The van der Waals surface area contributed by atoms with Crippen molar-refractivity contribution in [2.75, 3.05) is 12.4 Å². The molecule has 0 bridgehead atoms. The topological polar surface area (TPSA) is 62.1 Å². The van der Waals surface area contributed by atoms with Gasteiger partial charge in [0.2, 0.25) is 5.91 Å². The number of ether oxygens (including phenoxy) is 1. The Labute approximate surface area is 100 Å². The summed E-state index contributed by atoms with van der Waals surface area (Å²) < 4.78 is 18.4. The largest absolute Gasteiger partial charge is 0.495 e. The molecule has 1 amide bonds. The summed E-state index contributed by atoms with van der Waals surface area (Å²) in [6, 6.07) is 4.22. The summed E-state index contributed by atoms with van der Waals surface area (Å²) in [5.74, 6) is -0.713. The second kappa shape index (κ2) is 5.47. The Morgan fingerprint density at radius 2 is 2.38 bits per heavy atom. The van der Waals surface area contributed by atoms with Gasteiger partial charge in [-0.05, 0) is 22.0 Å². The van der Waals surface area contributed by atoms with Crippen LogP contribution in [0.3, 0.4) is 0 Å². The molecule has 0 aliphatic heterocycles. The van der Waals surface area contributed by atoms with Crippen molar-refractivity contribution >= 4 is 27.5 Å². The molecule has 84 valence electrons. The first-order valence-electron chi connectivity index (χ1n) is 4.28. The van der Waals surface area contributed by atoms with Crippen molar-refractivity contribution in [3.05, 3.63) is 22.4 Å². The van der Waals surface area contributed by atoms with E-state index in [0.717, 1.165) is 6.07 Å². The summed E-state index contributed by atoms with van der Waals surface area (Å²) >= 11 is 3.00. The van der Waals surface area contributed by atoms with Crippen molar-refractivity contribution in [3.63, 3.8) is 0 Å². The van der Waals surface area contributed by atoms with Crippen LogP contribution in [-0.4, -0.2) is 13.0 Å². The molecule has 6 heteroatoms. The number of benzene rings is 1. The highest BCUT2D eigenvalue weighted by Gasteiger charge is 2.11. The van der Waals surface area contributed by atoms with Crippen molar-refractivity contribution in [3.8, 4) is 11.8 Å². The minimum absolute atomic E-state index is 0.198. The summed E-state index contributed by atoms with van der Waals surface area (Å²) in [6.45, 7) is 0. The van der Waals surface area contributed by atoms with Gasteiger partial charge in [-0.1, -0.05) is 0 Å². The Bertz CT molecular complexity index is 457. The lowest BCUT2D eigenvalue weighted by Crippen LogP contribution is -2.11. The number of carbonyl (C=O) groups excluding carboxylic acids is 1. The molecule has 0 aromatic heterocycles. The Kier molecular flexibility index (Phi) is 4.26. The maximum Gasteiger partial charge on any atom is 0.238 e. The second-order valence-corrected chi connectivity index (χ2v) is 3.70. The third-order valence-electron chi connectivity index (χ3n) is 1.76. The fourth-order valence-corrected chi connectivity index (χ4v) is 1.38. The van der Waals surface area contributed by atoms with E-state index in [1.165, 1.54) is 13.2 Å². The van der Waals surface area contributed by atoms with Gasteiger partial charge in [-0.2, -0.15) is 5.26 Å². The first-order valence-corrected chi connectivity index (χ1v) is 5.07. The van der Waals surface area contributed by atoms with Crippen LogP contribution in [0, 0.1) is 17.1 Å². The molecule has 0 aliphatic rings. The van der Waals surface area contributed by atoms with E-state index in [1.54, 1.807) is 6.07 Å². The van der Waals surface area contributed by atoms with Crippen molar-refractivity contribution in [2.45, 2.75) is 6.42 Å². The summed E-state index contributed by atoms with van der Waals surface area (Å²) in [5, 5.41) is 10.7. The molecule has 0 radical (unpaired) electrons. The molecule has 0 spiro atoms. The smallest absolute Gasteiger partial charge is 0.238 e. The van der Waals surface area contributed by atoms with Crippen LogP contribution in [0.25, 0.3) is 0 Å². The van der Waals surface area contributed by atoms with Crippen molar-refractivity contribution in [1.29, 1.82) is 5.26 Å². The van der Waals surface area contributed by atoms with E-state index < -0.39 is 11.7 Å². The highest BCUT2D eigenvalue weighted by atomic mass is 79.9. The lowest BCUT2D eigenvalue weighted by atomic mass is 10.2. The highest BCUT2D eigenvalue weighted by molar-refractivity contribution is 9.10. The van der Waals surface area contributed by atoms with Gasteiger partial charge in [-0.15, -0.1) is 0 Å². The number of nitrogens with one attached hydrogen (secondary N) is 1. The van der Waals surface area contributed by atoms with Gasteiger partial charge in [0, 0.05) is 6.07 Å². The van der Waals surface area contributed by atoms with Gasteiger partial charge in [0.05, 0.1) is 23.3 Å².